The van der Waals surface area contributed by atoms with Crippen molar-refractivity contribution < 1.29 is 22.7 Å². The maximum Gasteiger partial charge on any atom is 0.573 e. The topological polar surface area (TPSA) is 88.2 Å². The monoisotopic (exact) mass is 385 g/mol. The van der Waals surface area contributed by atoms with Crippen LogP contribution in [0.5, 0.6) is 5.75 Å². The highest BCUT2D eigenvalue weighted by molar-refractivity contribution is 6.31. The molecule has 2 aromatic rings. The molecule has 0 aliphatic rings. The van der Waals surface area contributed by atoms with E-state index < -0.39 is 29.9 Å². The molecular weight excluding hydrogens is 371 g/mol. The van der Waals surface area contributed by atoms with Crippen molar-refractivity contribution in [3.63, 3.8) is 0 Å². The zero-order valence-electron chi connectivity index (χ0n) is 13.3. The fourth-order valence-corrected chi connectivity index (χ4v) is 2.65. The second-order valence-electron chi connectivity index (χ2n) is 5.34. The van der Waals surface area contributed by atoms with Crippen LogP contribution in [0.3, 0.4) is 0 Å². The summed E-state index contributed by atoms with van der Waals surface area (Å²) in [6.45, 7) is 0. The molecular formula is C17H15ClF3N3O2. The molecule has 4 N–H and O–H groups in total. The predicted octanol–water partition coefficient (Wildman–Crippen LogP) is 3.57. The summed E-state index contributed by atoms with van der Waals surface area (Å²) in [6.07, 6.45) is -4.92. The number of alkyl halides is 3. The quantitative estimate of drug-likeness (QED) is 0.543. The minimum atomic E-state index is -4.91. The maximum atomic E-state index is 12.7. The lowest BCUT2D eigenvalue weighted by atomic mass is 9.90. The van der Waals surface area contributed by atoms with Crippen molar-refractivity contribution in [3.05, 3.63) is 64.7 Å². The van der Waals surface area contributed by atoms with Crippen LogP contribution in [0.2, 0.25) is 5.02 Å². The minimum Gasteiger partial charge on any atom is -0.405 e. The van der Waals surface area contributed by atoms with Crippen LogP contribution >= 0.6 is 11.6 Å². The molecule has 0 fully saturated rings. The van der Waals surface area contributed by atoms with E-state index in [0.29, 0.717) is 10.6 Å². The van der Waals surface area contributed by atoms with E-state index in [1.807, 2.05) is 0 Å². The number of hydrogen-bond acceptors (Lipinski definition) is 3. The van der Waals surface area contributed by atoms with Crippen molar-refractivity contribution in [3.8, 4) is 5.75 Å². The average Bonchev–Trinajstić information content (AvgIpc) is 2.53. The second-order valence-corrected chi connectivity index (χ2v) is 5.74. The van der Waals surface area contributed by atoms with E-state index in [2.05, 4.69) is 10.1 Å². The van der Waals surface area contributed by atoms with Gasteiger partial charge in [0.25, 0.3) is 0 Å². The summed E-state index contributed by atoms with van der Waals surface area (Å²) in [4.78, 5) is 12.5. The van der Waals surface area contributed by atoms with Crippen LogP contribution < -0.4 is 15.8 Å². The van der Waals surface area contributed by atoms with Crippen molar-refractivity contribution in [1.82, 2.24) is 5.32 Å². The molecule has 1 amide bonds. The van der Waals surface area contributed by atoms with Crippen LogP contribution in [0.15, 0.2) is 48.5 Å². The number of rotatable bonds is 5. The fraction of sp³-hybridized carbons (Fsp3) is 0.176. The molecule has 0 bridgehead atoms. The number of nitrogens with two attached hydrogens (primary N) is 1. The van der Waals surface area contributed by atoms with Gasteiger partial charge in [0.1, 0.15) is 5.75 Å². The summed E-state index contributed by atoms with van der Waals surface area (Å²) < 4.78 is 42.1. The van der Waals surface area contributed by atoms with Crippen LogP contribution in [0.1, 0.15) is 17.0 Å². The standard InChI is InChI=1S/C17H15ClF3N3O2/c18-13-7-3-1-5-10(13)9-12(15(25)24-16(22)23)11-6-2-4-8-14(11)26-17(19,20)21/h1-8,12H,9H2,(H4,22,23,24,25). The van der Waals surface area contributed by atoms with E-state index in [-0.39, 0.29) is 12.0 Å². The van der Waals surface area contributed by atoms with Crippen LogP contribution in [0.4, 0.5) is 13.2 Å². The van der Waals surface area contributed by atoms with Gasteiger partial charge in [-0.2, -0.15) is 0 Å². The molecule has 0 saturated carbocycles. The number of halogens is 4. The van der Waals surface area contributed by atoms with Gasteiger partial charge in [-0.3, -0.25) is 15.5 Å². The molecule has 1 atom stereocenters. The Morgan fingerprint density at radius 1 is 1.19 bits per heavy atom. The van der Waals surface area contributed by atoms with Crippen LogP contribution in [-0.4, -0.2) is 18.2 Å². The van der Waals surface area contributed by atoms with E-state index >= 15 is 0 Å². The summed E-state index contributed by atoms with van der Waals surface area (Å²) in [5.74, 6) is -2.96. The SMILES string of the molecule is N=C(N)NC(=O)C(Cc1ccccc1Cl)c1ccccc1OC(F)(F)F. The van der Waals surface area contributed by atoms with Gasteiger partial charge in [-0.05, 0) is 24.1 Å². The van der Waals surface area contributed by atoms with Crippen LogP contribution in [0, 0.1) is 5.41 Å². The van der Waals surface area contributed by atoms with Gasteiger partial charge in [-0.15, -0.1) is 13.2 Å². The molecule has 0 heterocycles. The summed E-state index contributed by atoms with van der Waals surface area (Å²) in [7, 11) is 0. The van der Waals surface area contributed by atoms with Gasteiger partial charge < -0.3 is 10.5 Å². The number of carbonyl (C=O) groups excluding carboxylic acids is 1. The fourth-order valence-electron chi connectivity index (χ4n) is 2.43. The Balaban J connectivity index is 2.46. The van der Waals surface area contributed by atoms with Crippen molar-refractivity contribution in [2.45, 2.75) is 18.7 Å². The Morgan fingerprint density at radius 2 is 1.81 bits per heavy atom. The molecule has 0 radical (unpaired) electrons. The number of hydrogen-bond donors (Lipinski definition) is 3. The van der Waals surface area contributed by atoms with Crippen molar-refractivity contribution in [1.29, 1.82) is 5.41 Å². The summed E-state index contributed by atoms with van der Waals surface area (Å²) in [5.41, 5.74) is 5.74. The third-order valence-corrected chi connectivity index (χ3v) is 3.85. The summed E-state index contributed by atoms with van der Waals surface area (Å²) in [5, 5.41) is 9.69. The highest BCUT2D eigenvalue weighted by Crippen LogP contribution is 2.34. The number of para-hydroxylation sites is 1. The van der Waals surface area contributed by atoms with Crippen molar-refractivity contribution in [2.75, 3.05) is 0 Å². The first-order chi connectivity index (χ1) is 12.2. The van der Waals surface area contributed by atoms with Gasteiger partial charge in [0, 0.05) is 10.6 Å². The van der Waals surface area contributed by atoms with E-state index in [4.69, 9.17) is 22.7 Å². The average molecular weight is 386 g/mol. The lowest BCUT2D eigenvalue weighted by molar-refractivity contribution is -0.275. The van der Waals surface area contributed by atoms with Gasteiger partial charge in [-0.25, -0.2) is 0 Å². The molecule has 0 saturated heterocycles. The number of nitrogens with one attached hydrogen (secondary N) is 2. The van der Waals surface area contributed by atoms with Crippen molar-refractivity contribution in [2.24, 2.45) is 5.73 Å². The van der Waals surface area contributed by atoms with Gasteiger partial charge in [0.15, 0.2) is 5.96 Å². The van der Waals surface area contributed by atoms with E-state index in [1.165, 1.54) is 18.2 Å². The molecule has 2 rings (SSSR count). The third-order valence-electron chi connectivity index (χ3n) is 3.48. The first kappa shape index (κ1) is 19.6. The van der Waals surface area contributed by atoms with Crippen LogP contribution in [-0.2, 0) is 11.2 Å². The zero-order chi connectivity index (χ0) is 19.3. The Hall–Kier alpha value is -2.74. The summed E-state index contributed by atoms with van der Waals surface area (Å²) >= 11 is 6.10. The van der Waals surface area contributed by atoms with Gasteiger partial charge in [0.05, 0.1) is 5.92 Å². The molecule has 1 unspecified atom stereocenters. The highest BCUT2D eigenvalue weighted by atomic mass is 35.5. The maximum absolute atomic E-state index is 12.7. The Morgan fingerprint density at radius 3 is 2.42 bits per heavy atom. The molecule has 0 aromatic heterocycles. The molecule has 0 aliphatic heterocycles. The molecule has 0 spiro atoms. The van der Waals surface area contributed by atoms with E-state index in [9.17, 15) is 18.0 Å². The smallest absolute Gasteiger partial charge is 0.405 e. The van der Waals surface area contributed by atoms with Gasteiger partial charge in [-0.1, -0.05) is 48.0 Å². The Labute approximate surface area is 152 Å². The Bertz CT molecular complexity index is 812. The molecule has 138 valence electrons. The van der Waals surface area contributed by atoms with E-state index in [0.717, 1.165) is 6.07 Å². The lowest BCUT2D eigenvalue weighted by Crippen LogP contribution is -2.39. The van der Waals surface area contributed by atoms with Gasteiger partial charge >= 0.3 is 6.36 Å². The summed E-state index contributed by atoms with van der Waals surface area (Å²) in [6, 6.07) is 12.0. The molecule has 0 aliphatic carbocycles. The largest absolute Gasteiger partial charge is 0.573 e. The lowest BCUT2D eigenvalue weighted by Gasteiger charge is -2.21. The number of guanidine groups is 1. The zero-order valence-corrected chi connectivity index (χ0v) is 14.1. The van der Waals surface area contributed by atoms with E-state index in [1.54, 1.807) is 24.3 Å². The number of carbonyl (C=O) groups is 1. The minimum absolute atomic E-state index is 0.00296. The van der Waals surface area contributed by atoms with Crippen molar-refractivity contribution >= 4 is 23.5 Å². The third kappa shape index (κ3) is 5.38. The molecule has 5 nitrogen and oxygen atoms in total. The number of ether oxygens (including phenoxy) is 1. The predicted molar refractivity (Wildman–Crippen MR) is 91.1 cm³/mol. The number of amides is 1. The normalized spacial score (nSPS) is 12.3. The second kappa shape index (κ2) is 8.09. The van der Waals surface area contributed by atoms with Crippen LogP contribution in [0.25, 0.3) is 0 Å². The molecule has 26 heavy (non-hydrogen) atoms. The highest BCUT2D eigenvalue weighted by Gasteiger charge is 2.34. The number of benzene rings is 2. The molecule has 2 aromatic carbocycles. The first-order valence-corrected chi connectivity index (χ1v) is 7.78. The van der Waals surface area contributed by atoms with Gasteiger partial charge in [0.2, 0.25) is 5.91 Å². The Kier molecular flexibility index (Phi) is 6.10. The first-order valence-electron chi connectivity index (χ1n) is 7.40. The molecule has 9 heteroatoms.